The first-order valence-electron chi connectivity index (χ1n) is 6.35. The number of rotatable bonds is 2. The molecular weight excluding hydrogens is 315 g/mol. The van der Waals surface area contributed by atoms with E-state index in [2.05, 4.69) is 15.9 Å². The van der Waals surface area contributed by atoms with Crippen LogP contribution >= 0.6 is 15.9 Å². The molecule has 0 saturated carbocycles. The summed E-state index contributed by atoms with van der Waals surface area (Å²) < 4.78 is 14.4. The molecule has 0 N–H and O–H groups in total. The largest absolute Gasteiger partial charge is 0.206 e. The first kappa shape index (κ1) is 13.1. The molecule has 0 fully saturated rings. The highest BCUT2D eigenvalue weighted by Crippen LogP contribution is 2.35. The topological polar surface area (TPSA) is 0 Å². The molecule has 0 aliphatic heterocycles. The molecule has 0 saturated heterocycles. The second-order valence-electron chi connectivity index (χ2n) is 4.54. The van der Waals surface area contributed by atoms with E-state index in [1.165, 1.54) is 0 Å². The van der Waals surface area contributed by atoms with Crippen LogP contribution in [0.4, 0.5) is 4.39 Å². The van der Waals surface area contributed by atoms with E-state index in [9.17, 15) is 4.39 Å². The molecule has 0 unspecified atom stereocenters. The minimum absolute atomic E-state index is 0.247. The summed E-state index contributed by atoms with van der Waals surface area (Å²) in [4.78, 5) is 0. The van der Waals surface area contributed by atoms with Gasteiger partial charge in [-0.2, -0.15) is 0 Å². The quantitative estimate of drug-likeness (QED) is 0.548. The minimum atomic E-state index is -0.247. The van der Waals surface area contributed by atoms with Gasteiger partial charge in [0, 0.05) is 0 Å². The Bertz CT molecular complexity index is 657. The first-order valence-corrected chi connectivity index (χ1v) is 7.15. The third-order valence-corrected chi connectivity index (χ3v) is 3.84. The van der Waals surface area contributed by atoms with Gasteiger partial charge in [0.25, 0.3) is 0 Å². The second-order valence-corrected chi connectivity index (χ2v) is 5.40. The van der Waals surface area contributed by atoms with Crippen molar-refractivity contribution in [2.75, 3.05) is 0 Å². The second kappa shape index (κ2) is 5.59. The van der Waals surface area contributed by atoms with Crippen LogP contribution in [0.15, 0.2) is 77.3 Å². The van der Waals surface area contributed by atoms with Crippen molar-refractivity contribution in [2.24, 2.45) is 0 Å². The van der Waals surface area contributed by atoms with Crippen LogP contribution in [0.3, 0.4) is 0 Å². The van der Waals surface area contributed by atoms with E-state index in [0.717, 1.165) is 22.3 Å². The Labute approximate surface area is 126 Å². The molecule has 0 bridgehead atoms. The number of hydrogen-bond donors (Lipinski definition) is 0. The zero-order valence-corrected chi connectivity index (χ0v) is 12.3. The molecule has 0 atom stereocenters. The smallest absolute Gasteiger partial charge is 0.138 e. The van der Waals surface area contributed by atoms with Crippen LogP contribution in [0.2, 0.25) is 0 Å². The molecule has 0 spiro atoms. The standard InChI is InChI=1S/C18H12BrF/c19-17-11-15(13-7-3-1-4-8-13)16(12-18(17)20)14-9-5-2-6-10-14/h1-12H. The highest BCUT2D eigenvalue weighted by Gasteiger charge is 2.11. The average Bonchev–Trinajstić information content (AvgIpc) is 2.51. The van der Waals surface area contributed by atoms with Gasteiger partial charge in [0.2, 0.25) is 0 Å². The van der Waals surface area contributed by atoms with Gasteiger partial charge in [-0.05, 0) is 50.3 Å². The van der Waals surface area contributed by atoms with Gasteiger partial charge in [0.05, 0.1) is 4.47 Å². The third-order valence-electron chi connectivity index (χ3n) is 3.23. The zero-order chi connectivity index (χ0) is 13.9. The summed E-state index contributed by atoms with van der Waals surface area (Å²) in [7, 11) is 0. The normalized spacial score (nSPS) is 10.5. The summed E-state index contributed by atoms with van der Waals surface area (Å²) in [5.74, 6) is -0.247. The molecule has 20 heavy (non-hydrogen) atoms. The monoisotopic (exact) mass is 326 g/mol. The maximum absolute atomic E-state index is 13.9. The van der Waals surface area contributed by atoms with E-state index >= 15 is 0 Å². The summed E-state index contributed by atoms with van der Waals surface area (Å²) in [5.41, 5.74) is 4.01. The fourth-order valence-corrected chi connectivity index (χ4v) is 2.60. The Morgan fingerprint density at radius 1 is 0.650 bits per heavy atom. The van der Waals surface area contributed by atoms with Crippen molar-refractivity contribution in [2.45, 2.75) is 0 Å². The molecule has 0 heterocycles. The van der Waals surface area contributed by atoms with Crippen LogP contribution in [0.25, 0.3) is 22.3 Å². The number of halogens is 2. The van der Waals surface area contributed by atoms with E-state index in [1.807, 2.05) is 66.7 Å². The van der Waals surface area contributed by atoms with Crippen molar-refractivity contribution in [3.8, 4) is 22.3 Å². The SMILES string of the molecule is Fc1cc(-c2ccccc2)c(-c2ccccc2)cc1Br. The molecule has 98 valence electrons. The molecule has 0 amide bonds. The molecule has 3 aromatic rings. The molecule has 0 radical (unpaired) electrons. The Morgan fingerprint density at radius 2 is 1.10 bits per heavy atom. The lowest BCUT2D eigenvalue weighted by Crippen LogP contribution is -1.88. The van der Waals surface area contributed by atoms with E-state index < -0.39 is 0 Å². The molecule has 0 nitrogen and oxygen atoms in total. The van der Waals surface area contributed by atoms with Gasteiger partial charge >= 0.3 is 0 Å². The Balaban J connectivity index is 2.26. The Kier molecular flexibility index (Phi) is 3.66. The fraction of sp³-hybridized carbons (Fsp3) is 0. The van der Waals surface area contributed by atoms with Gasteiger partial charge < -0.3 is 0 Å². The summed E-state index contributed by atoms with van der Waals surface area (Å²) >= 11 is 3.28. The lowest BCUT2D eigenvalue weighted by atomic mass is 9.94. The van der Waals surface area contributed by atoms with Crippen LogP contribution in [0, 0.1) is 5.82 Å². The van der Waals surface area contributed by atoms with Gasteiger partial charge in [-0.3, -0.25) is 0 Å². The Morgan fingerprint density at radius 3 is 1.60 bits per heavy atom. The van der Waals surface area contributed by atoms with E-state index in [0.29, 0.717) is 4.47 Å². The van der Waals surface area contributed by atoms with Crippen molar-refractivity contribution in [3.05, 3.63) is 83.1 Å². The van der Waals surface area contributed by atoms with Crippen molar-refractivity contribution < 1.29 is 4.39 Å². The van der Waals surface area contributed by atoms with Crippen molar-refractivity contribution in [1.29, 1.82) is 0 Å². The van der Waals surface area contributed by atoms with Crippen LogP contribution in [-0.2, 0) is 0 Å². The van der Waals surface area contributed by atoms with Gasteiger partial charge in [-0.25, -0.2) is 4.39 Å². The first-order chi connectivity index (χ1) is 9.75. The molecule has 3 rings (SSSR count). The van der Waals surface area contributed by atoms with Crippen LogP contribution in [-0.4, -0.2) is 0 Å². The Hall–Kier alpha value is -1.93. The number of hydrogen-bond acceptors (Lipinski definition) is 0. The molecule has 0 aliphatic rings. The van der Waals surface area contributed by atoms with E-state index in [-0.39, 0.29) is 5.82 Å². The third kappa shape index (κ3) is 2.52. The molecule has 0 aliphatic carbocycles. The maximum Gasteiger partial charge on any atom is 0.138 e. The zero-order valence-electron chi connectivity index (χ0n) is 10.7. The van der Waals surface area contributed by atoms with Crippen molar-refractivity contribution in [1.82, 2.24) is 0 Å². The van der Waals surface area contributed by atoms with Gasteiger partial charge in [0.1, 0.15) is 5.82 Å². The van der Waals surface area contributed by atoms with E-state index in [1.54, 1.807) is 6.07 Å². The molecule has 3 aromatic carbocycles. The number of benzene rings is 3. The van der Waals surface area contributed by atoms with Gasteiger partial charge in [-0.1, -0.05) is 60.7 Å². The maximum atomic E-state index is 13.9. The fourth-order valence-electron chi connectivity index (χ4n) is 2.26. The predicted octanol–water partition coefficient (Wildman–Crippen LogP) is 5.92. The summed E-state index contributed by atoms with van der Waals surface area (Å²) in [6, 6.07) is 23.3. The molecule has 0 aromatic heterocycles. The van der Waals surface area contributed by atoms with Crippen LogP contribution in [0.5, 0.6) is 0 Å². The summed E-state index contributed by atoms with van der Waals surface area (Å²) in [5, 5.41) is 0. The summed E-state index contributed by atoms with van der Waals surface area (Å²) in [6.45, 7) is 0. The van der Waals surface area contributed by atoms with Gasteiger partial charge in [-0.15, -0.1) is 0 Å². The van der Waals surface area contributed by atoms with Crippen molar-refractivity contribution in [3.63, 3.8) is 0 Å². The van der Waals surface area contributed by atoms with Crippen LogP contribution < -0.4 is 0 Å². The lowest BCUT2D eigenvalue weighted by molar-refractivity contribution is 0.622. The van der Waals surface area contributed by atoms with Crippen LogP contribution in [0.1, 0.15) is 0 Å². The van der Waals surface area contributed by atoms with Crippen molar-refractivity contribution >= 4 is 15.9 Å². The van der Waals surface area contributed by atoms with E-state index in [4.69, 9.17) is 0 Å². The highest BCUT2D eigenvalue weighted by atomic mass is 79.9. The summed E-state index contributed by atoms with van der Waals surface area (Å²) in [6.07, 6.45) is 0. The average molecular weight is 327 g/mol. The van der Waals surface area contributed by atoms with Gasteiger partial charge in [0.15, 0.2) is 0 Å². The lowest BCUT2D eigenvalue weighted by Gasteiger charge is -2.11. The highest BCUT2D eigenvalue weighted by molar-refractivity contribution is 9.10. The molecule has 2 heteroatoms. The predicted molar refractivity (Wildman–Crippen MR) is 85.0 cm³/mol. The minimum Gasteiger partial charge on any atom is -0.206 e. The molecular formula is C18H12BrF.